The molecule has 1 fully saturated rings. The number of nitrogens with zero attached hydrogens (tertiary/aromatic N) is 3. The van der Waals surface area contributed by atoms with Crippen molar-refractivity contribution >= 4 is 23.1 Å². The molecular weight excluding hydrogens is 313 g/mol. The standard InChI is InChI=1S/C14H19F3N4S/c1-10(2)19-13(22)21-7-5-20(6-8-21)12-4-3-11(9-18-12)14(15,16)17/h3-4,9-10H,5-8H2,1-2H3,(H,19,22). The molecule has 0 bridgehead atoms. The van der Waals surface area contributed by atoms with Gasteiger partial charge in [-0.05, 0) is 38.2 Å². The van der Waals surface area contributed by atoms with Gasteiger partial charge in [-0.2, -0.15) is 13.2 Å². The van der Waals surface area contributed by atoms with Crippen LogP contribution in [0.3, 0.4) is 0 Å². The Hall–Kier alpha value is -1.57. The first-order valence-corrected chi connectivity index (χ1v) is 7.52. The van der Waals surface area contributed by atoms with E-state index >= 15 is 0 Å². The van der Waals surface area contributed by atoms with Gasteiger partial charge in [0, 0.05) is 38.4 Å². The molecule has 0 amide bonds. The van der Waals surface area contributed by atoms with Gasteiger partial charge in [0.25, 0.3) is 0 Å². The summed E-state index contributed by atoms with van der Waals surface area (Å²) in [5.41, 5.74) is -0.725. The molecule has 1 aromatic rings. The fraction of sp³-hybridized carbons (Fsp3) is 0.571. The van der Waals surface area contributed by atoms with Crippen LogP contribution in [-0.4, -0.2) is 47.2 Å². The number of hydrogen-bond acceptors (Lipinski definition) is 3. The zero-order valence-corrected chi connectivity index (χ0v) is 13.3. The molecule has 1 aromatic heterocycles. The Balaban J connectivity index is 1.93. The van der Waals surface area contributed by atoms with Crippen molar-refractivity contribution in [3.05, 3.63) is 23.9 Å². The van der Waals surface area contributed by atoms with Crippen molar-refractivity contribution in [3.8, 4) is 0 Å². The lowest BCUT2D eigenvalue weighted by molar-refractivity contribution is -0.137. The second-order valence-electron chi connectivity index (χ2n) is 5.48. The number of rotatable bonds is 2. The molecule has 0 atom stereocenters. The molecule has 0 radical (unpaired) electrons. The van der Waals surface area contributed by atoms with Crippen molar-refractivity contribution in [2.45, 2.75) is 26.1 Å². The normalized spacial score (nSPS) is 16.1. The van der Waals surface area contributed by atoms with E-state index in [0.29, 0.717) is 18.9 Å². The van der Waals surface area contributed by atoms with Crippen molar-refractivity contribution in [1.29, 1.82) is 0 Å². The Morgan fingerprint density at radius 1 is 1.23 bits per heavy atom. The molecule has 1 N–H and O–H groups in total. The smallest absolute Gasteiger partial charge is 0.360 e. The summed E-state index contributed by atoms with van der Waals surface area (Å²) < 4.78 is 37.6. The molecule has 2 heterocycles. The van der Waals surface area contributed by atoms with Crippen molar-refractivity contribution in [2.75, 3.05) is 31.1 Å². The van der Waals surface area contributed by atoms with Crippen molar-refractivity contribution in [1.82, 2.24) is 15.2 Å². The Morgan fingerprint density at radius 3 is 2.32 bits per heavy atom. The second-order valence-corrected chi connectivity index (χ2v) is 5.87. The number of aromatic nitrogens is 1. The number of piperazine rings is 1. The number of thiocarbonyl (C=S) groups is 1. The quantitative estimate of drug-likeness (QED) is 0.841. The van der Waals surface area contributed by atoms with Crippen LogP contribution in [0.5, 0.6) is 0 Å². The van der Waals surface area contributed by atoms with Gasteiger partial charge in [-0.25, -0.2) is 4.98 Å². The first-order valence-electron chi connectivity index (χ1n) is 7.11. The monoisotopic (exact) mass is 332 g/mol. The molecule has 0 aromatic carbocycles. The minimum absolute atomic E-state index is 0.280. The first-order chi connectivity index (χ1) is 10.3. The van der Waals surface area contributed by atoms with Crippen molar-refractivity contribution in [3.63, 3.8) is 0 Å². The van der Waals surface area contributed by atoms with E-state index < -0.39 is 11.7 Å². The van der Waals surface area contributed by atoms with E-state index in [2.05, 4.69) is 15.2 Å². The zero-order chi connectivity index (χ0) is 16.3. The lowest BCUT2D eigenvalue weighted by Crippen LogP contribution is -2.53. The summed E-state index contributed by atoms with van der Waals surface area (Å²) in [6.45, 7) is 6.85. The molecule has 0 spiro atoms. The predicted molar refractivity (Wildman–Crippen MR) is 83.9 cm³/mol. The van der Waals surface area contributed by atoms with Gasteiger partial charge < -0.3 is 15.1 Å². The molecule has 0 aliphatic carbocycles. The molecule has 1 saturated heterocycles. The number of pyridine rings is 1. The van der Waals surface area contributed by atoms with Crippen LogP contribution in [-0.2, 0) is 6.18 Å². The average Bonchev–Trinajstić information content (AvgIpc) is 2.46. The fourth-order valence-corrected chi connectivity index (χ4v) is 2.64. The topological polar surface area (TPSA) is 31.4 Å². The van der Waals surface area contributed by atoms with Gasteiger partial charge in [-0.1, -0.05) is 0 Å². The largest absolute Gasteiger partial charge is 0.417 e. The van der Waals surface area contributed by atoms with E-state index in [1.807, 2.05) is 18.7 Å². The summed E-state index contributed by atoms with van der Waals surface area (Å²) in [4.78, 5) is 7.96. The van der Waals surface area contributed by atoms with E-state index in [1.54, 1.807) is 0 Å². The number of anilines is 1. The summed E-state index contributed by atoms with van der Waals surface area (Å²) in [7, 11) is 0. The van der Waals surface area contributed by atoms with Gasteiger partial charge in [0.2, 0.25) is 0 Å². The average molecular weight is 332 g/mol. The summed E-state index contributed by atoms with van der Waals surface area (Å²) in [5, 5.41) is 3.91. The molecule has 122 valence electrons. The Kier molecular flexibility index (Phi) is 5.10. The van der Waals surface area contributed by atoms with Crippen LogP contribution in [0.4, 0.5) is 19.0 Å². The van der Waals surface area contributed by atoms with Crippen LogP contribution >= 0.6 is 12.2 Å². The highest BCUT2D eigenvalue weighted by Gasteiger charge is 2.31. The van der Waals surface area contributed by atoms with Crippen LogP contribution < -0.4 is 10.2 Å². The Labute approximate surface area is 133 Å². The number of alkyl halides is 3. The lowest BCUT2D eigenvalue weighted by atomic mass is 10.2. The molecule has 2 rings (SSSR count). The molecule has 0 unspecified atom stereocenters. The zero-order valence-electron chi connectivity index (χ0n) is 12.5. The lowest BCUT2D eigenvalue weighted by Gasteiger charge is -2.37. The minimum Gasteiger partial charge on any atom is -0.360 e. The van der Waals surface area contributed by atoms with Crippen LogP contribution in [0.25, 0.3) is 0 Å². The molecule has 0 saturated carbocycles. The maximum atomic E-state index is 12.5. The molecule has 4 nitrogen and oxygen atoms in total. The van der Waals surface area contributed by atoms with Crippen LogP contribution in [0.2, 0.25) is 0 Å². The molecular formula is C14H19F3N4S. The Bertz CT molecular complexity index is 508. The van der Waals surface area contributed by atoms with Gasteiger partial charge in [0.05, 0.1) is 5.56 Å². The van der Waals surface area contributed by atoms with Crippen molar-refractivity contribution in [2.24, 2.45) is 0 Å². The molecule has 1 aliphatic rings. The number of halogens is 3. The van der Waals surface area contributed by atoms with Gasteiger partial charge in [0.15, 0.2) is 5.11 Å². The van der Waals surface area contributed by atoms with Crippen LogP contribution in [0, 0.1) is 0 Å². The van der Waals surface area contributed by atoms with E-state index in [1.165, 1.54) is 6.07 Å². The molecule has 8 heteroatoms. The molecule has 22 heavy (non-hydrogen) atoms. The molecule has 1 aliphatic heterocycles. The summed E-state index contributed by atoms with van der Waals surface area (Å²) in [5.74, 6) is 0.565. The van der Waals surface area contributed by atoms with Crippen LogP contribution in [0.15, 0.2) is 18.3 Å². The SMILES string of the molecule is CC(C)NC(=S)N1CCN(c2ccc(C(F)(F)F)cn2)CC1. The highest BCUT2D eigenvalue weighted by atomic mass is 32.1. The van der Waals surface area contributed by atoms with Gasteiger partial charge >= 0.3 is 6.18 Å². The maximum Gasteiger partial charge on any atom is 0.417 e. The third kappa shape index (κ3) is 4.22. The maximum absolute atomic E-state index is 12.5. The predicted octanol–water partition coefficient (Wildman–Crippen LogP) is 2.51. The Morgan fingerprint density at radius 2 is 1.86 bits per heavy atom. The number of hydrogen-bond donors (Lipinski definition) is 1. The van der Waals surface area contributed by atoms with Gasteiger partial charge in [-0.3, -0.25) is 0 Å². The highest BCUT2D eigenvalue weighted by Crippen LogP contribution is 2.29. The third-order valence-corrected chi connectivity index (χ3v) is 3.75. The van der Waals surface area contributed by atoms with E-state index in [-0.39, 0.29) is 6.04 Å². The summed E-state index contributed by atoms with van der Waals surface area (Å²) in [6.07, 6.45) is -3.47. The summed E-state index contributed by atoms with van der Waals surface area (Å²) >= 11 is 5.32. The fourth-order valence-electron chi connectivity index (χ4n) is 2.22. The van der Waals surface area contributed by atoms with E-state index in [9.17, 15) is 13.2 Å². The van der Waals surface area contributed by atoms with Crippen LogP contribution in [0.1, 0.15) is 19.4 Å². The first kappa shape index (κ1) is 16.8. The van der Waals surface area contributed by atoms with Gasteiger partial charge in [0.1, 0.15) is 5.82 Å². The highest BCUT2D eigenvalue weighted by molar-refractivity contribution is 7.80. The van der Waals surface area contributed by atoms with E-state index in [0.717, 1.165) is 30.5 Å². The van der Waals surface area contributed by atoms with E-state index in [4.69, 9.17) is 12.2 Å². The van der Waals surface area contributed by atoms with Crippen molar-refractivity contribution < 1.29 is 13.2 Å². The van der Waals surface area contributed by atoms with Gasteiger partial charge in [-0.15, -0.1) is 0 Å². The third-order valence-electron chi connectivity index (χ3n) is 3.38. The summed E-state index contributed by atoms with van der Waals surface area (Å²) in [6, 6.07) is 2.77. The second kappa shape index (κ2) is 6.68. The number of nitrogens with one attached hydrogen (secondary N) is 1. The minimum atomic E-state index is -4.35.